The van der Waals surface area contributed by atoms with E-state index in [0.29, 0.717) is 24.2 Å². The molecule has 42 heavy (non-hydrogen) atoms. The Labute approximate surface area is 245 Å². The first kappa shape index (κ1) is 27.6. The highest BCUT2D eigenvalue weighted by molar-refractivity contribution is 5.87. The molecule has 0 radical (unpaired) electrons. The number of nitrogen functional groups attached to an aromatic ring is 1. The van der Waals surface area contributed by atoms with Crippen molar-refractivity contribution in [1.82, 2.24) is 35.2 Å². The zero-order valence-electron chi connectivity index (χ0n) is 23.8. The number of carbonyl (C=O) groups is 1. The number of hydrazone groups is 1. The molecule has 7 rings (SSSR count). The first-order valence-electron chi connectivity index (χ1n) is 14.4. The van der Waals surface area contributed by atoms with Crippen LogP contribution in [0.15, 0.2) is 66.4 Å². The zero-order chi connectivity index (χ0) is 29.1. The van der Waals surface area contributed by atoms with Gasteiger partial charge in [-0.25, -0.2) is 20.4 Å². The fourth-order valence-electron chi connectivity index (χ4n) is 5.74. The van der Waals surface area contributed by atoms with Crippen molar-refractivity contribution < 1.29 is 4.79 Å². The number of anilines is 2. The lowest BCUT2D eigenvalue weighted by Gasteiger charge is -2.30. The number of piperidine rings is 1. The van der Waals surface area contributed by atoms with Gasteiger partial charge in [-0.15, -0.1) is 0 Å². The number of nitrogens with zero attached hydrogens (tertiary/aromatic N) is 7. The normalized spacial score (nSPS) is 16.4. The third-order valence-corrected chi connectivity index (χ3v) is 8.05. The molecule has 1 amide bonds. The van der Waals surface area contributed by atoms with E-state index in [2.05, 4.69) is 50.2 Å². The Bertz CT molecular complexity index is 1640. The zero-order valence-corrected chi connectivity index (χ0v) is 23.8. The van der Waals surface area contributed by atoms with Crippen LogP contribution >= 0.6 is 0 Å². The summed E-state index contributed by atoms with van der Waals surface area (Å²) in [6.07, 6.45) is 10.4. The summed E-state index contributed by atoms with van der Waals surface area (Å²) < 4.78 is 2.07. The first-order valence-corrected chi connectivity index (χ1v) is 14.4. The van der Waals surface area contributed by atoms with Crippen LogP contribution in [-0.2, 0) is 17.6 Å². The van der Waals surface area contributed by atoms with Crippen LogP contribution in [0.25, 0.3) is 28.2 Å². The van der Waals surface area contributed by atoms with E-state index in [1.165, 1.54) is 23.6 Å². The highest BCUT2D eigenvalue weighted by atomic mass is 16.2. The Morgan fingerprint density at radius 2 is 1.95 bits per heavy atom. The average Bonchev–Trinajstić information content (AvgIpc) is 3.81. The summed E-state index contributed by atoms with van der Waals surface area (Å²) in [6.45, 7) is 5.86. The van der Waals surface area contributed by atoms with Gasteiger partial charge in [0.15, 0.2) is 17.3 Å². The number of hydrogen-bond donors (Lipinski definition) is 3. The Morgan fingerprint density at radius 3 is 2.69 bits per heavy atom. The van der Waals surface area contributed by atoms with E-state index >= 15 is 0 Å². The number of likely N-dealkylation sites (tertiary alicyclic amines) is 1. The molecule has 1 saturated heterocycles. The highest BCUT2D eigenvalue weighted by Crippen LogP contribution is 2.33. The quantitative estimate of drug-likeness (QED) is 0.315. The largest absolute Gasteiger partial charge is 0.383 e. The summed E-state index contributed by atoms with van der Waals surface area (Å²) in [7, 11) is 1.97. The van der Waals surface area contributed by atoms with E-state index in [0.717, 1.165) is 67.0 Å². The average molecular weight is 565 g/mol. The van der Waals surface area contributed by atoms with E-state index < -0.39 is 0 Å². The molecule has 5 heterocycles. The molecule has 0 bridgehead atoms. The second kappa shape index (κ2) is 12.1. The smallest absolute Gasteiger partial charge is 0.245 e. The third kappa shape index (κ3) is 5.48. The standard InChI is InChI=1S/C22H20N8.C9H16N2O/c23-20-17(5-2-10-24-20)21-27-18-8-9-19(30-25-11-12-26-30)28-22(18)29(21)16-7-6-14-3-1-4-15(14)13-16;1-3-9(12)11-6-4-8(10-2)5-7-11/h2,5-11,13,26H,1,3-4,12H2,(H2,23,24);3,8,10H,1,4-7H2,2H3. The second-order valence-corrected chi connectivity index (χ2v) is 10.6. The van der Waals surface area contributed by atoms with Crippen LogP contribution in [0.3, 0.4) is 0 Å². The van der Waals surface area contributed by atoms with Crippen molar-refractivity contribution in [3.8, 4) is 17.1 Å². The minimum absolute atomic E-state index is 0.0598. The summed E-state index contributed by atoms with van der Waals surface area (Å²) in [5.41, 5.74) is 15.6. The van der Waals surface area contributed by atoms with E-state index in [4.69, 9.17) is 15.7 Å². The molecule has 11 nitrogen and oxygen atoms in total. The molecule has 0 spiro atoms. The van der Waals surface area contributed by atoms with Gasteiger partial charge in [-0.05, 0) is 92.8 Å². The van der Waals surface area contributed by atoms with Crippen LogP contribution in [0.2, 0.25) is 0 Å². The highest BCUT2D eigenvalue weighted by Gasteiger charge is 2.22. The van der Waals surface area contributed by atoms with Crippen LogP contribution in [0.5, 0.6) is 0 Å². The van der Waals surface area contributed by atoms with Crippen molar-refractivity contribution in [3.63, 3.8) is 0 Å². The van der Waals surface area contributed by atoms with E-state index in [1.54, 1.807) is 11.3 Å². The van der Waals surface area contributed by atoms with Crippen molar-refractivity contribution in [1.29, 1.82) is 0 Å². The molecule has 1 fully saturated rings. The molecule has 1 aliphatic carbocycles. The molecule has 0 atom stereocenters. The molecule has 2 aliphatic heterocycles. The number of fused-ring (bicyclic) bond motifs is 2. The molecule has 11 heteroatoms. The van der Waals surface area contributed by atoms with Crippen molar-refractivity contribution in [2.24, 2.45) is 5.10 Å². The van der Waals surface area contributed by atoms with E-state index in [9.17, 15) is 4.79 Å². The molecule has 0 unspecified atom stereocenters. The molecule has 4 aromatic rings. The fraction of sp³-hybridized carbons (Fsp3) is 0.323. The lowest BCUT2D eigenvalue weighted by Crippen LogP contribution is -2.43. The van der Waals surface area contributed by atoms with Crippen LogP contribution < -0.4 is 21.6 Å². The second-order valence-electron chi connectivity index (χ2n) is 10.6. The minimum Gasteiger partial charge on any atom is -0.383 e. The van der Waals surface area contributed by atoms with Gasteiger partial charge in [0.1, 0.15) is 11.3 Å². The molecule has 1 aromatic carbocycles. The number of imidazole rings is 1. The Hall–Kier alpha value is -4.61. The van der Waals surface area contributed by atoms with Gasteiger partial charge in [0, 0.05) is 37.2 Å². The Morgan fingerprint density at radius 1 is 1.12 bits per heavy atom. The van der Waals surface area contributed by atoms with Gasteiger partial charge in [-0.2, -0.15) is 10.2 Å². The molecule has 3 aliphatic rings. The van der Waals surface area contributed by atoms with Crippen molar-refractivity contribution in [2.75, 3.05) is 37.5 Å². The van der Waals surface area contributed by atoms with E-state index in [1.807, 2.05) is 42.4 Å². The van der Waals surface area contributed by atoms with Crippen molar-refractivity contribution in [3.05, 3.63) is 72.4 Å². The fourth-order valence-corrected chi connectivity index (χ4v) is 5.74. The van der Waals surface area contributed by atoms with Crippen LogP contribution in [0, 0.1) is 0 Å². The lowest BCUT2D eigenvalue weighted by atomic mass is 10.1. The number of benzene rings is 1. The van der Waals surface area contributed by atoms with Gasteiger partial charge in [-0.3, -0.25) is 9.36 Å². The Balaban J connectivity index is 0.000000223. The number of nitrogens with one attached hydrogen (secondary N) is 2. The van der Waals surface area contributed by atoms with Crippen LogP contribution in [-0.4, -0.2) is 69.3 Å². The SMILES string of the molecule is C=CC(=O)N1CCC(NC)CC1.Nc1ncccc1-c1nc2ccc(N3N=CCN3)nc2n1-c1ccc2c(c1)CCC2. The monoisotopic (exact) mass is 564 g/mol. The lowest BCUT2D eigenvalue weighted by molar-refractivity contribution is -0.127. The number of amides is 1. The first-order chi connectivity index (χ1) is 20.6. The van der Waals surface area contributed by atoms with Crippen molar-refractivity contribution >= 4 is 34.9 Å². The maximum Gasteiger partial charge on any atom is 0.245 e. The van der Waals surface area contributed by atoms with Gasteiger partial charge in [0.25, 0.3) is 0 Å². The maximum atomic E-state index is 11.1. The van der Waals surface area contributed by atoms with Crippen LogP contribution in [0.4, 0.5) is 11.6 Å². The number of nitrogens with two attached hydrogens (primary N) is 1. The number of aromatic nitrogens is 4. The van der Waals surface area contributed by atoms with Gasteiger partial charge < -0.3 is 16.0 Å². The number of carbonyl (C=O) groups excluding carboxylic acids is 1. The summed E-state index contributed by atoms with van der Waals surface area (Å²) in [4.78, 5) is 27.0. The topological polar surface area (TPSA) is 130 Å². The summed E-state index contributed by atoms with van der Waals surface area (Å²) in [6, 6.07) is 14.9. The maximum absolute atomic E-state index is 11.1. The predicted octanol–water partition coefficient (Wildman–Crippen LogP) is 3.25. The van der Waals surface area contributed by atoms with Gasteiger partial charge in [0.05, 0.1) is 12.1 Å². The summed E-state index contributed by atoms with van der Waals surface area (Å²) in [5.74, 6) is 1.95. The molecular formula is C31H36N10O. The predicted molar refractivity (Wildman–Crippen MR) is 166 cm³/mol. The Kier molecular flexibility index (Phi) is 7.93. The van der Waals surface area contributed by atoms with Gasteiger partial charge in [-0.1, -0.05) is 12.6 Å². The minimum atomic E-state index is 0.0598. The number of rotatable bonds is 5. The van der Waals surface area contributed by atoms with Gasteiger partial charge >= 0.3 is 0 Å². The third-order valence-electron chi connectivity index (χ3n) is 8.05. The molecular weight excluding hydrogens is 528 g/mol. The molecule has 4 N–H and O–H groups in total. The van der Waals surface area contributed by atoms with E-state index in [-0.39, 0.29) is 5.91 Å². The molecule has 3 aromatic heterocycles. The molecule has 0 saturated carbocycles. The summed E-state index contributed by atoms with van der Waals surface area (Å²) >= 11 is 0. The number of aryl methyl sites for hydroxylation is 2. The van der Waals surface area contributed by atoms with Crippen LogP contribution in [0.1, 0.15) is 30.4 Å². The number of hydrogen-bond acceptors (Lipinski definition) is 9. The molecule has 216 valence electrons. The van der Waals surface area contributed by atoms with Crippen molar-refractivity contribution in [2.45, 2.75) is 38.1 Å². The summed E-state index contributed by atoms with van der Waals surface area (Å²) in [5, 5.41) is 9.21. The van der Waals surface area contributed by atoms with Gasteiger partial charge in [0.2, 0.25) is 5.91 Å². The number of hydrazine groups is 1. The number of pyridine rings is 2.